The smallest absolute Gasteiger partial charge is 0.231 e. The normalized spacial score (nSPS) is 17.8. The van der Waals surface area contributed by atoms with Crippen LogP contribution in [0, 0.1) is 18.7 Å². The Balaban J connectivity index is 1.72. The van der Waals surface area contributed by atoms with Crippen LogP contribution in [0.5, 0.6) is 0 Å². The molecular formula is C15H14FN3O2S. The Hall–Kier alpha value is -2.28. The zero-order valence-electron chi connectivity index (χ0n) is 11.9. The predicted molar refractivity (Wildman–Crippen MR) is 82.3 cm³/mol. The maximum absolute atomic E-state index is 13.6. The van der Waals surface area contributed by atoms with Crippen molar-refractivity contribution in [3.8, 4) is 0 Å². The van der Waals surface area contributed by atoms with Crippen LogP contribution in [0.15, 0.2) is 29.8 Å². The van der Waals surface area contributed by atoms with Crippen molar-refractivity contribution in [2.75, 3.05) is 16.8 Å². The topological polar surface area (TPSA) is 62.3 Å². The second-order valence-corrected chi connectivity index (χ2v) is 6.06. The maximum atomic E-state index is 13.6. The van der Waals surface area contributed by atoms with E-state index in [0.29, 0.717) is 16.4 Å². The molecule has 0 bridgehead atoms. The van der Waals surface area contributed by atoms with E-state index in [-0.39, 0.29) is 30.6 Å². The Morgan fingerprint density at radius 1 is 1.50 bits per heavy atom. The monoisotopic (exact) mass is 319 g/mol. The molecule has 0 aliphatic carbocycles. The van der Waals surface area contributed by atoms with Crippen LogP contribution < -0.4 is 10.2 Å². The van der Waals surface area contributed by atoms with Gasteiger partial charge < -0.3 is 10.2 Å². The minimum absolute atomic E-state index is 0.118. The zero-order valence-corrected chi connectivity index (χ0v) is 12.7. The van der Waals surface area contributed by atoms with E-state index >= 15 is 0 Å². The molecule has 2 heterocycles. The molecule has 2 aromatic rings. The van der Waals surface area contributed by atoms with Crippen molar-refractivity contribution in [1.82, 2.24) is 4.98 Å². The fourth-order valence-electron chi connectivity index (χ4n) is 2.38. The summed E-state index contributed by atoms with van der Waals surface area (Å²) in [4.78, 5) is 29.7. The number of amides is 2. The lowest BCUT2D eigenvalue weighted by molar-refractivity contribution is -0.122. The number of aromatic nitrogens is 1. The van der Waals surface area contributed by atoms with Crippen LogP contribution in [-0.2, 0) is 9.59 Å². The van der Waals surface area contributed by atoms with Gasteiger partial charge in [-0.3, -0.25) is 9.59 Å². The fraction of sp³-hybridized carbons (Fsp3) is 0.267. The van der Waals surface area contributed by atoms with Crippen molar-refractivity contribution >= 4 is 34.0 Å². The number of hydrogen-bond acceptors (Lipinski definition) is 4. The number of aryl methyl sites for hydroxylation is 1. The number of carbonyl (C=O) groups excluding carboxylic acids is 2. The number of rotatable bonds is 3. The van der Waals surface area contributed by atoms with E-state index in [1.165, 1.54) is 22.3 Å². The molecule has 0 radical (unpaired) electrons. The highest BCUT2D eigenvalue weighted by Crippen LogP contribution is 2.27. The molecule has 1 aliphatic rings. The summed E-state index contributed by atoms with van der Waals surface area (Å²) in [7, 11) is 0. The summed E-state index contributed by atoms with van der Waals surface area (Å²) in [5.74, 6) is -1.23. The molecule has 1 atom stereocenters. The predicted octanol–water partition coefficient (Wildman–Crippen LogP) is 2.58. The Labute approximate surface area is 130 Å². The lowest BCUT2D eigenvalue weighted by Crippen LogP contribution is -2.28. The van der Waals surface area contributed by atoms with Gasteiger partial charge in [-0.15, -0.1) is 11.3 Å². The molecule has 5 nitrogen and oxygen atoms in total. The Morgan fingerprint density at radius 3 is 3.00 bits per heavy atom. The maximum Gasteiger partial charge on any atom is 0.231 e. The van der Waals surface area contributed by atoms with Crippen LogP contribution >= 0.6 is 11.3 Å². The Morgan fingerprint density at radius 2 is 2.32 bits per heavy atom. The van der Waals surface area contributed by atoms with Crippen LogP contribution in [-0.4, -0.2) is 23.3 Å². The van der Waals surface area contributed by atoms with Crippen molar-refractivity contribution in [1.29, 1.82) is 0 Å². The number of hydrogen-bond donors (Lipinski definition) is 1. The zero-order chi connectivity index (χ0) is 15.7. The summed E-state index contributed by atoms with van der Waals surface area (Å²) in [6.45, 7) is 1.91. The molecule has 3 rings (SSSR count). The van der Waals surface area contributed by atoms with Gasteiger partial charge in [0.05, 0.1) is 5.92 Å². The molecular weight excluding hydrogens is 305 g/mol. The van der Waals surface area contributed by atoms with Gasteiger partial charge in [-0.2, -0.15) is 0 Å². The Bertz CT molecular complexity index is 718. The van der Waals surface area contributed by atoms with Crippen molar-refractivity contribution in [2.45, 2.75) is 13.3 Å². The van der Waals surface area contributed by atoms with Gasteiger partial charge in [0.15, 0.2) is 5.13 Å². The molecule has 1 saturated heterocycles. The van der Waals surface area contributed by atoms with E-state index in [2.05, 4.69) is 10.3 Å². The van der Waals surface area contributed by atoms with Crippen LogP contribution in [0.4, 0.5) is 15.2 Å². The van der Waals surface area contributed by atoms with Gasteiger partial charge in [-0.05, 0) is 24.6 Å². The van der Waals surface area contributed by atoms with Crippen molar-refractivity contribution in [2.24, 2.45) is 5.92 Å². The average molecular weight is 319 g/mol. The van der Waals surface area contributed by atoms with Crippen molar-refractivity contribution < 1.29 is 14.0 Å². The summed E-state index contributed by atoms with van der Waals surface area (Å²) < 4.78 is 13.6. The number of carbonyl (C=O) groups is 2. The highest BCUT2D eigenvalue weighted by Gasteiger charge is 2.35. The molecule has 114 valence electrons. The van der Waals surface area contributed by atoms with E-state index < -0.39 is 5.92 Å². The highest BCUT2D eigenvalue weighted by atomic mass is 32.1. The number of nitrogens with zero attached hydrogens (tertiary/aromatic N) is 2. The van der Waals surface area contributed by atoms with E-state index in [1.54, 1.807) is 30.6 Å². The quantitative estimate of drug-likeness (QED) is 0.946. The lowest BCUT2D eigenvalue weighted by Gasteiger charge is -2.17. The number of nitrogens with one attached hydrogen (secondary N) is 1. The van der Waals surface area contributed by atoms with Crippen LogP contribution in [0.2, 0.25) is 0 Å². The summed E-state index contributed by atoms with van der Waals surface area (Å²) in [5.41, 5.74) is 1.01. The third-order valence-corrected chi connectivity index (χ3v) is 4.31. The standard InChI is InChI=1S/C15H14FN3O2S/c1-9-2-3-11(7-12(9)16)19-8-10(6-13(19)20)14(21)18-15-17-4-5-22-15/h2-5,7,10H,6,8H2,1H3,(H,17,18,21). The van der Waals surface area contributed by atoms with Gasteiger partial charge in [0.2, 0.25) is 11.8 Å². The second-order valence-electron chi connectivity index (χ2n) is 5.17. The van der Waals surface area contributed by atoms with Crippen LogP contribution in [0.25, 0.3) is 0 Å². The molecule has 1 aliphatic heterocycles. The number of anilines is 2. The fourth-order valence-corrected chi connectivity index (χ4v) is 2.91. The van der Waals surface area contributed by atoms with E-state index in [1.807, 2.05) is 0 Å². The summed E-state index contributed by atoms with van der Waals surface area (Å²) in [6.07, 6.45) is 1.72. The van der Waals surface area contributed by atoms with E-state index in [9.17, 15) is 14.0 Å². The molecule has 1 N–H and O–H groups in total. The lowest BCUT2D eigenvalue weighted by atomic mass is 10.1. The molecule has 1 unspecified atom stereocenters. The minimum Gasteiger partial charge on any atom is -0.311 e. The average Bonchev–Trinajstić information content (AvgIpc) is 3.11. The molecule has 0 saturated carbocycles. The van der Waals surface area contributed by atoms with Crippen LogP contribution in [0.1, 0.15) is 12.0 Å². The van der Waals surface area contributed by atoms with Gasteiger partial charge in [-0.1, -0.05) is 6.07 Å². The molecule has 1 aromatic heterocycles. The summed E-state index contributed by atoms with van der Waals surface area (Å²) in [5, 5.41) is 4.96. The first-order chi connectivity index (χ1) is 10.5. The summed E-state index contributed by atoms with van der Waals surface area (Å²) >= 11 is 1.32. The van der Waals surface area contributed by atoms with Gasteiger partial charge in [-0.25, -0.2) is 9.37 Å². The van der Waals surface area contributed by atoms with Crippen LogP contribution in [0.3, 0.4) is 0 Å². The first-order valence-electron chi connectivity index (χ1n) is 6.81. The van der Waals surface area contributed by atoms with Gasteiger partial charge in [0, 0.05) is 30.2 Å². The third-order valence-electron chi connectivity index (χ3n) is 3.63. The molecule has 0 spiro atoms. The van der Waals surface area contributed by atoms with Gasteiger partial charge in [0.1, 0.15) is 5.82 Å². The molecule has 1 fully saturated rings. The number of thiazole rings is 1. The van der Waals surface area contributed by atoms with Crippen molar-refractivity contribution in [3.05, 3.63) is 41.2 Å². The van der Waals surface area contributed by atoms with E-state index in [0.717, 1.165) is 0 Å². The minimum atomic E-state index is -0.458. The van der Waals surface area contributed by atoms with Crippen molar-refractivity contribution in [3.63, 3.8) is 0 Å². The van der Waals surface area contributed by atoms with Gasteiger partial charge >= 0.3 is 0 Å². The third kappa shape index (κ3) is 2.85. The second kappa shape index (κ2) is 5.84. The first kappa shape index (κ1) is 14.6. The summed E-state index contributed by atoms with van der Waals surface area (Å²) in [6, 6.07) is 4.65. The van der Waals surface area contributed by atoms with E-state index in [4.69, 9.17) is 0 Å². The van der Waals surface area contributed by atoms with Gasteiger partial charge in [0.25, 0.3) is 0 Å². The SMILES string of the molecule is Cc1ccc(N2CC(C(=O)Nc3nccs3)CC2=O)cc1F. The molecule has 22 heavy (non-hydrogen) atoms. The molecule has 7 heteroatoms. The number of benzene rings is 1. The molecule has 1 aromatic carbocycles. The first-order valence-corrected chi connectivity index (χ1v) is 7.69. The molecule has 2 amide bonds. The number of halogens is 1. The Kier molecular flexibility index (Phi) is 3.89. The highest BCUT2D eigenvalue weighted by molar-refractivity contribution is 7.13. The largest absolute Gasteiger partial charge is 0.311 e.